The molecule has 1 aliphatic rings. The summed E-state index contributed by atoms with van der Waals surface area (Å²) in [5.74, 6) is -3.11. The van der Waals surface area contributed by atoms with Crippen molar-refractivity contribution in [3.05, 3.63) is 47.1 Å². The summed E-state index contributed by atoms with van der Waals surface area (Å²) in [5.41, 5.74) is 12.3. The number of benzene rings is 1. The molecule has 1 aromatic carbocycles. The SMILES string of the molecule is Cc1cc(-c2ccc(OCC(O/N=C(\C(=O)N[C@@H]3C(=O)N(OS(=O)(=O)O)C3(C)C)c3csc(N)n3)C(=O)O)cc2)[n+](C)n1CCCN. The summed E-state index contributed by atoms with van der Waals surface area (Å²) in [6, 6.07) is 7.73. The number of carboxylic acids is 1. The van der Waals surface area contributed by atoms with Crippen LogP contribution in [0, 0.1) is 6.92 Å². The van der Waals surface area contributed by atoms with Crippen molar-refractivity contribution in [1.29, 1.82) is 0 Å². The first-order chi connectivity index (χ1) is 22.0. The fraction of sp³-hybridized carbons (Fsp3) is 0.407. The molecule has 1 unspecified atom stereocenters. The van der Waals surface area contributed by atoms with E-state index in [2.05, 4.69) is 24.4 Å². The van der Waals surface area contributed by atoms with E-state index < -0.39 is 58.2 Å². The summed E-state index contributed by atoms with van der Waals surface area (Å²) < 4.78 is 45.2. The van der Waals surface area contributed by atoms with E-state index in [1.54, 1.807) is 12.1 Å². The summed E-state index contributed by atoms with van der Waals surface area (Å²) in [4.78, 5) is 46.9. The molecule has 3 heterocycles. The van der Waals surface area contributed by atoms with Crippen LogP contribution in [-0.2, 0) is 47.5 Å². The molecule has 47 heavy (non-hydrogen) atoms. The molecule has 254 valence electrons. The lowest BCUT2D eigenvalue weighted by Crippen LogP contribution is -2.76. The minimum atomic E-state index is -5.02. The van der Waals surface area contributed by atoms with Crippen LogP contribution in [-0.4, -0.2) is 87.1 Å². The number of aromatic nitrogens is 3. The Hall–Kier alpha value is -4.63. The van der Waals surface area contributed by atoms with Crippen molar-refractivity contribution >= 4 is 50.4 Å². The normalized spacial score (nSPS) is 16.8. The summed E-state index contributed by atoms with van der Waals surface area (Å²) in [5, 5.41) is 17.7. The van der Waals surface area contributed by atoms with E-state index >= 15 is 0 Å². The number of anilines is 1. The third-order valence-electron chi connectivity index (χ3n) is 7.24. The standard InChI is InChI=1S/C27H34N8O10S2/c1-15-12-19(33(4)34(15)11-5-10-28)16-6-8-17(9-7-16)43-13-20(25(38)39)44-32-21(18-14-46-26(29)30-18)23(36)31-22-24(37)35(27(22,2)3)45-47(40,41)42/h6-9,12,14,20,22H,5,10-11,13,28H2,1-4H3,(H4-,29,30,31,36,38,39,40,41,42)/p+1/b32-21-/t20?,22-/m1/s1. The monoisotopic (exact) mass is 695 g/mol. The van der Waals surface area contributed by atoms with Gasteiger partial charge in [0.15, 0.2) is 17.9 Å². The van der Waals surface area contributed by atoms with Crippen LogP contribution in [0.4, 0.5) is 5.13 Å². The van der Waals surface area contributed by atoms with E-state index in [1.807, 2.05) is 36.9 Å². The Balaban J connectivity index is 1.46. The first kappa shape index (κ1) is 35.2. The lowest BCUT2D eigenvalue weighted by Gasteiger charge is -2.50. The number of oxime groups is 1. The second-order valence-corrected chi connectivity index (χ2v) is 12.8. The Bertz CT molecular complexity index is 1790. The molecule has 18 nitrogen and oxygen atoms in total. The Labute approximate surface area is 273 Å². The van der Waals surface area contributed by atoms with Crippen molar-refractivity contribution < 1.29 is 51.0 Å². The number of β-lactam (4-membered cyclic amide) rings is 1. The van der Waals surface area contributed by atoms with Crippen LogP contribution < -0.4 is 26.2 Å². The minimum absolute atomic E-state index is 0.0609. The van der Waals surface area contributed by atoms with E-state index in [0.29, 0.717) is 17.4 Å². The molecular weight excluding hydrogens is 660 g/mol. The number of thiazole rings is 1. The van der Waals surface area contributed by atoms with Gasteiger partial charge in [0, 0.05) is 17.0 Å². The molecule has 0 bridgehead atoms. The Kier molecular flexibility index (Phi) is 10.5. The van der Waals surface area contributed by atoms with E-state index in [0.717, 1.165) is 41.3 Å². The average Bonchev–Trinajstić information content (AvgIpc) is 3.56. The molecule has 0 saturated carbocycles. The van der Waals surface area contributed by atoms with Gasteiger partial charge >= 0.3 is 16.4 Å². The smallest absolute Gasteiger partial charge is 0.418 e. The molecule has 1 aliphatic heterocycles. The third kappa shape index (κ3) is 8.03. The van der Waals surface area contributed by atoms with Crippen molar-refractivity contribution in [3.63, 3.8) is 0 Å². The third-order valence-corrected chi connectivity index (χ3v) is 8.25. The number of ether oxygens (including phenoxy) is 1. The van der Waals surface area contributed by atoms with Crippen LogP contribution in [0.1, 0.15) is 31.7 Å². The maximum atomic E-state index is 13.2. The predicted molar refractivity (Wildman–Crippen MR) is 166 cm³/mol. The molecule has 2 aromatic heterocycles. The zero-order valence-electron chi connectivity index (χ0n) is 25.8. The van der Waals surface area contributed by atoms with Crippen LogP contribution >= 0.6 is 11.3 Å². The predicted octanol–water partition coefficient (Wildman–Crippen LogP) is -0.232. The lowest BCUT2D eigenvalue weighted by molar-refractivity contribution is -0.744. The second kappa shape index (κ2) is 14.0. The quantitative estimate of drug-likeness (QED) is 0.0453. The van der Waals surface area contributed by atoms with Gasteiger partial charge in [-0.2, -0.15) is 18.2 Å². The van der Waals surface area contributed by atoms with Gasteiger partial charge in [-0.3, -0.25) is 14.1 Å². The van der Waals surface area contributed by atoms with Gasteiger partial charge in [0.2, 0.25) is 5.69 Å². The zero-order valence-corrected chi connectivity index (χ0v) is 27.4. The number of nitrogens with two attached hydrogens (primary N) is 2. The first-order valence-corrected chi connectivity index (χ1v) is 16.3. The van der Waals surface area contributed by atoms with E-state index in [-0.39, 0.29) is 10.8 Å². The Morgan fingerprint density at radius 1 is 1.28 bits per heavy atom. The number of carboxylic acid groups (broad SMARTS) is 1. The van der Waals surface area contributed by atoms with Crippen molar-refractivity contribution in [2.45, 2.75) is 51.4 Å². The molecule has 3 aromatic rings. The van der Waals surface area contributed by atoms with Crippen LogP contribution in [0.3, 0.4) is 0 Å². The number of hydroxylamine groups is 2. The molecule has 0 spiro atoms. The fourth-order valence-corrected chi connectivity index (χ4v) is 5.75. The highest BCUT2D eigenvalue weighted by Crippen LogP contribution is 2.33. The van der Waals surface area contributed by atoms with Crippen molar-refractivity contribution in [2.24, 2.45) is 17.9 Å². The highest BCUT2D eigenvalue weighted by Gasteiger charge is 2.58. The van der Waals surface area contributed by atoms with Crippen molar-refractivity contribution in [1.82, 2.24) is 20.0 Å². The molecular formula is C27H35N8O10S2+. The number of aliphatic carboxylic acids is 1. The molecule has 2 atom stereocenters. The van der Waals surface area contributed by atoms with Gasteiger partial charge in [0.05, 0.1) is 17.8 Å². The molecule has 1 saturated heterocycles. The largest absolute Gasteiger partial charge is 0.489 e. The number of hydrogen-bond acceptors (Lipinski definition) is 13. The van der Waals surface area contributed by atoms with Gasteiger partial charge in [-0.05, 0) is 58.0 Å². The van der Waals surface area contributed by atoms with Crippen molar-refractivity contribution in [3.8, 4) is 17.0 Å². The summed E-state index contributed by atoms with van der Waals surface area (Å²) in [6.45, 7) is 5.60. The lowest BCUT2D eigenvalue weighted by atomic mass is 9.84. The zero-order chi connectivity index (χ0) is 34.7. The molecule has 7 N–H and O–H groups in total. The molecule has 4 rings (SSSR count). The highest BCUT2D eigenvalue weighted by atomic mass is 32.3. The summed E-state index contributed by atoms with van der Waals surface area (Å²) >= 11 is 0.961. The summed E-state index contributed by atoms with van der Waals surface area (Å²) in [7, 11) is -3.07. The number of amides is 2. The van der Waals surface area contributed by atoms with Crippen molar-refractivity contribution in [2.75, 3.05) is 18.9 Å². The Morgan fingerprint density at radius 3 is 2.51 bits per heavy atom. The number of nitrogens with zero attached hydrogens (tertiary/aromatic N) is 5. The minimum Gasteiger partial charge on any atom is -0.489 e. The highest BCUT2D eigenvalue weighted by molar-refractivity contribution is 7.80. The topological polar surface area (TPSA) is 255 Å². The number of carbonyl (C=O) groups is 3. The van der Waals surface area contributed by atoms with Gasteiger partial charge in [0.25, 0.3) is 17.9 Å². The average molecular weight is 696 g/mol. The maximum Gasteiger partial charge on any atom is 0.418 e. The number of aryl methyl sites for hydroxylation is 1. The number of rotatable bonds is 15. The van der Waals surface area contributed by atoms with Crippen LogP contribution in [0.2, 0.25) is 0 Å². The number of hydrogen-bond donors (Lipinski definition) is 5. The van der Waals surface area contributed by atoms with Gasteiger partial charge in [-0.25, -0.2) is 9.78 Å². The van der Waals surface area contributed by atoms with E-state index in [9.17, 15) is 27.9 Å². The molecule has 1 fully saturated rings. The number of nitrogens with one attached hydrogen (secondary N) is 1. The van der Waals surface area contributed by atoms with Gasteiger partial charge < -0.3 is 31.5 Å². The van der Waals surface area contributed by atoms with Crippen LogP contribution in [0.5, 0.6) is 5.75 Å². The van der Waals surface area contributed by atoms with Gasteiger partial charge in [-0.1, -0.05) is 5.16 Å². The Morgan fingerprint density at radius 2 is 1.96 bits per heavy atom. The van der Waals surface area contributed by atoms with Crippen LogP contribution in [0.15, 0.2) is 40.9 Å². The summed E-state index contributed by atoms with van der Waals surface area (Å²) in [6.07, 6.45) is -0.839. The fourth-order valence-electron chi connectivity index (χ4n) is 4.75. The van der Waals surface area contributed by atoms with E-state index in [4.69, 9.17) is 25.6 Å². The molecule has 0 aliphatic carbocycles. The number of carbonyl (C=O) groups excluding carboxylic acids is 2. The van der Waals surface area contributed by atoms with Crippen LogP contribution in [0.25, 0.3) is 11.3 Å². The van der Waals surface area contributed by atoms with Gasteiger partial charge in [0.1, 0.15) is 24.1 Å². The number of nitrogen functional groups attached to an aromatic ring is 1. The first-order valence-electron chi connectivity index (χ1n) is 14.0. The molecule has 2 amide bonds. The van der Waals surface area contributed by atoms with Gasteiger partial charge in [-0.15, -0.1) is 20.3 Å². The molecule has 0 radical (unpaired) electrons. The second-order valence-electron chi connectivity index (χ2n) is 10.9. The maximum absolute atomic E-state index is 13.2. The molecule has 20 heteroatoms. The van der Waals surface area contributed by atoms with E-state index in [1.165, 1.54) is 19.2 Å².